The van der Waals surface area contributed by atoms with Gasteiger partial charge in [-0.3, -0.25) is 37.3 Å². The molecule has 0 radical (unpaired) electrons. The highest BCUT2D eigenvalue weighted by molar-refractivity contribution is 7.47. The summed E-state index contributed by atoms with van der Waals surface area (Å²) in [6, 6.07) is 0. The van der Waals surface area contributed by atoms with Crippen molar-refractivity contribution in [3.63, 3.8) is 0 Å². The lowest BCUT2D eigenvalue weighted by Gasteiger charge is -2.21. The highest BCUT2D eigenvalue weighted by Gasteiger charge is 2.30. The minimum Gasteiger partial charge on any atom is -0.462 e. The third-order valence-corrected chi connectivity index (χ3v) is 19.9. The molecule has 5 atom stereocenters. The second kappa shape index (κ2) is 70.1. The largest absolute Gasteiger partial charge is 0.472 e. The number of phosphoric ester groups is 2. The van der Waals surface area contributed by atoms with Crippen LogP contribution in [0.25, 0.3) is 0 Å². The number of hydrogen-bond acceptors (Lipinski definition) is 15. The Morgan fingerprint density at radius 2 is 0.479 bits per heavy atom. The van der Waals surface area contributed by atoms with Gasteiger partial charge in [0.1, 0.15) is 19.3 Å². The number of carbonyl (C=O) groups is 4. The zero-order valence-corrected chi connectivity index (χ0v) is 64.3. The number of ether oxygens (including phenoxy) is 4. The fraction of sp³-hybridized carbons (Fsp3) is 0.948. The van der Waals surface area contributed by atoms with Gasteiger partial charge in [-0.25, -0.2) is 9.13 Å². The molecular formula is C77H150O17P2. The number of hydrogen-bond donors (Lipinski definition) is 3. The maximum absolute atomic E-state index is 13.1. The van der Waals surface area contributed by atoms with Gasteiger partial charge >= 0.3 is 39.5 Å². The van der Waals surface area contributed by atoms with Gasteiger partial charge in [0.05, 0.1) is 26.4 Å². The van der Waals surface area contributed by atoms with Crippen molar-refractivity contribution < 1.29 is 80.2 Å². The number of phosphoric acid groups is 2. The molecule has 2 unspecified atom stereocenters. The lowest BCUT2D eigenvalue weighted by Crippen LogP contribution is -2.30. The van der Waals surface area contributed by atoms with Gasteiger partial charge in [-0.15, -0.1) is 0 Å². The first-order valence-electron chi connectivity index (χ1n) is 40.1. The molecule has 0 fully saturated rings. The second-order valence-electron chi connectivity index (χ2n) is 28.2. The highest BCUT2D eigenvalue weighted by atomic mass is 31.2. The molecular weight excluding hydrogens is 1260 g/mol. The molecule has 570 valence electrons. The normalized spacial score (nSPS) is 13.9. The first kappa shape index (κ1) is 94.1. The van der Waals surface area contributed by atoms with Crippen LogP contribution in [0, 0.1) is 5.92 Å². The van der Waals surface area contributed by atoms with E-state index in [1.807, 2.05) is 0 Å². The van der Waals surface area contributed by atoms with Gasteiger partial charge in [-0.2, -0.15) is 0 Å². The molecule has 0 aromatic rings. The number of aliphatic hydroxyl groups excluding tert-OH is 1. The fourth-order valence-corrected chi connectivity index (χ4v) is 13.5. The van der Waals surface area contributed by atoms with Gasteiger partial charge < -0.3 is 33.8 Å². The fourth-order valence-electron chi connectivity index (χ4n) is 11.9. The van der Waals surface area contributed by atoms with Gasteiger partial charge in [-0.1, -0.05) is 356 Å². The van der Waals surface area contributed by atoms with E-state index in [1.165, 1.54) is 218 Å². The van der Waals surface area contributed by atoms with Gasteiger partial charge in [0.15, 0.2) is 12.2 Å². The van der Waals surface area contributed by atoms with E-state index < -0.39 is 97.5 Å². The van der Waals surface area contributed by atoms with Crippen molar-refractivity contribution in [2.45, 2.75) is 425 Å². The molecule has 0 saturated carbocycles. The van der Waals surface area contributed by atoms with Crippen molar-refractivity contribution in [2.24, 2.45) is 5.92 Å². The Balaban J connectivity index is 5.18. The van der Waals surface area contributed by atoms with Crippen molar-refractivity contribution in [2.75, 3.05) is 39.6 Å². The van der Waals surface area contributed by atoms with Crippen LogP contribution < -0.4 is 0 Å². The summed E-state index contributed by atoms with van der Waals surface area (Å²) in [5.41, 5.74) is 0. The molecule has 96 heavy (non-hydrogen) atoms. The molecule has 0 bridgehead atoms. The average molecular weight is 1410 g/mol. The molecule has 0 aliphatic heterocycles. The number of unbranched alkanes of at least 4 members (excludes halogenated alkanes) is 49. The molecule has 0 amide bonds. The van der Waals surface area contributed by atoms with Gasteiger partial charge in [0.25, 0.3) is 0 Å². The van der Waals surface area contributed by atoms with E-state index in [1.54, 1.807) is 0 Å². The predicted molar refractivity (Wildman–Crippen MR) is 391 cm³/mol. The first-order valence-corrected chi connectivity index (χ1v) is 43.1. The van der Waals surface area contributed by atoms with Crippen LogP contribution in [0.2, 0.25) is 0 Å². The summed E-state index contributed by atoms with van der Waals surface area (Å²) in [5.74, 6) is -1.32. The smallest absolute Gasteiger partial charge is 0.462 e. The summed E-state index contributed by atoms with van der Waals surface area (Å²) in [4.78, 5) is 72.7. The maximum atomic E-state index is 13.1. The molecule has 0 rings (SSSR count). The highest BCUT2D eigenvalue weighted by Crippen LogP contribution is 2.45. The van der Waals surface area contributed by atoms with Crippen LogP contribution in [0.3, 0.4) is 0 Å². The lowest BCUT2D eigenvalue weighted by molar-refractivity contribution is -0.161. The summed E-state index contributed by atoms with van der Waals surface area (Å²) < 4.78 is 68.5. The minimum absolute atomic E-state index is 0.108. The van der Waals surface area contributed by atoms with Crippen LogP contribution in [0.1, 0.15) is 407 Å². The molecule has 0 aliphatic rings. The van der Waals surface area contributed by atoms with Crippen LogP contribution in [0.15, 0.2) is 0 Å². The van der Waals surface area contributed by atoms with Crippen molar-refractivity contribution in [1.29, 1.82) is 0 Å². The summed E-state index contributed by atoms with van der Waals surface area (Å²) >= 11 is 0. The quantitative estimate of drug-likeness (QED) is 0.0222. The van der Waals surface area contributed by atoms with E-state index in [-0.39, 0.29) is 25.7 Å². The van der Waals surface area contributed by atoms with E-state index in [4.69, 9.17) is 37.0 Å². The van der Waals surface area contributed by atoms with Gasteiger partial charge in [0, 0.05) is 25.7 Å². The molecule has 0 spiro atoms. The monoisotopic (exact) mass is 1410 g/mol. The number of aliphatic hydroxyl groups is 1. The zero-order chi connectivity index (χ0) is 70.5. The summed E-state index contributed by atoms with van der Waals surface area (Å²) in [6.07, 6.45) is 59.8. The third-order valence-electron chi connectivity index (χ3n) is 18.0. The van der Waals surface area contributed by atoms with Crippen LogP contribution >= 0.6 is 15.6 Å². The molecule has 0 saturated heterocycles. The molecule has 19 heteroatoms. The molecule has 17 nitrogen and oxygen atoms in total. The van der Waals surface area contributed by atoms with Crippen LogP contribution in [-0.4, -0.2) is 96.7 Å². The predicted octanol–water partition coefficient (Wildman–Crippen LogP) is 22.9. The van der Waals surface area contributed by atoms with Gasteiger partial charge in [-0.05, 0) is 31.6 Å². The Morgan fingerprint density at radius 1 is 0.281 bits per heavy atom. The summed E-state index contributed by atoms with van der Waals surface area (Å²) in [5, 5.41) is 10.6. The zero-order valence-electron chi connectivity index (χ0n) is 62.5. The Kier molecular flexibility index (Phi) is 68.7. The maximum Gasteiger partial charge on any atom is 0.472 e. The summed E-state index contributed by atoms with van der Waals surface area (Å²) in [7, 11) is -9.91. The average Bonchev–Trinajstić information content (AvgIpc) is 1.23. The number of esters is 4. The minimum atomic E-state index is -4.96. The van der Waals surface area contributed by atoms with E-state index in [0.29, 0.717) is 25.7 Å². The Hall–Kier alpha value is -1.94. The van der Waals surface area contributed by atoms with Crippen molar-refractivity contribution in [3.05, 3.63) is 0 Å². The van der Waals surface area contributed by atoms with E-state index in [0.717, 1.165) is 109 Å². The molecule has 0 heterocycles. The third kappa shape index (κ3) is 70.5. The standard InChI is InChI=1S/C77H150O17P2/c1-6-9-12-15-18-20-22-24-25-26-27-28-29-30-34-39-43-48-53-58-63-77(82)94-73(67-88-75(80)61-56-51-46-41-37-35-31-33-36-40-45-49-54-59-70(4)5)69-92-96(85,86)90-65-71(78)64-89-95(83,84)91-68-72(66-87-74(79)60-55-50-44-17-14-11-8-3)93-76(81)62-57-52-47-42-38-32-23-21-19-16-13-10-7-2/h70-73,78H,6-69H2,1-5H3,(H,83,84)(H,85,86)/t71-,72+,73+/m0/s1. The second-order valence-corrected chi connectivity index (χ2v) is 31.1. The Morgan fingerprint density at radius 3 is 0.708 bits per heavy atom. The van der Waals surface area contributed by atoms with E-state index in [2.05, 4.69) is 34.6 Å². The van der Waals surface area contributed by atoms with Crippen LogP contribution in [0.4, 0.5) is 0 Å². The SMILES string of the molecule is CCCCCCCCCCCCCCCCCCCCCCC(=O)O[C@H](COC(=O)CCCCCCCCCCCCCCCC(C)C)COP(=O)(O)OC[C@@H](O)COP(=O)(O)OC[C@@H](COC(=O)CCCCCCCCC)OC(=O)CCCCCCCCCCCCCCC. The van der Waals surface area contributed by atoms with E-state index in [9.17, 15) is 43.2 Å². The Bertz CT molecular complexity index is 1840. The van der Waals surface area contributed by atoms with Crippen molar-refractivity contribution in [3.8, 4) is 0 Å². The van der Waals surface area contributed by atoms with Crippen molar-refractivity contribution in [1.82, 2.24) is 0 Å². The molecule has 3 N–H and O–H groups in total. The van der Waals surface area contributed by atoms with Crippen LogP contribution in [0.5, 0.6) is 0 Å². The van der Waals surface area contributed by atoms with Crippen LogP contribution in [-0.2, 0) is 65.4 Å². The Labute approximate surface area is 588 Å². The molecule has 0 aliphatic carbocycles. The number of carbonyl (C=O) groups excluding carboxylic acids is 4. The molecule has 0 aromatic carbocycles. The number of rotatable bonds is 77. The van der Waals surface area contributed by atoms with Gasteiger partial charge in [0.2, 0.25) is 0 Å². The summed E-state index contributed by atoms with van der Waals surface area (Å²) in [6.45, 7) is 7.28. The van der Waals surface area contributed by atoms with Crippen molar-refractivity contribution >= 4 is 39.5 Å². The lowest BCUT2D eigenvalue weighted by atomic mass is 10.0. The topological polar surface area (TPSA) is 237 Å². The van der Waals surface area contributed by atoms with E-state index >= 15 is 0 Å². The first-order chi connectivity index (χ1) is 46.5. The molecule has 0 aromatic heterocycles.